The minimum atomic E-state index is -0.939. The summed E-state index contributed by atoms with van der Waals surface area (Å²) in [5, 5.41) is 55.8. The van der Waals surface area contributed by atoms with E-state index in [1.54, 1.807) is 57.2 Å². The molecule has 3 unspecified atom stereocenters. The van der Waals surface area contributed by atoms with Gasteiger partial charge in [0.15, 0.2) is 36.7 Å². The zero-order valence-electron chi connectivity index (χ0n) is 62.0. The van der Waals surface area contributed by atoms with Crippen molar-refractivity contribution in [2.75, 3.05) is 104 Å². The summed E-state index contributed by atoms with van der Waals surface area (Å²) in [5.74, 6) is -0.246. The van der Waals surface area contributed by atoms with Crippen LogP contribution in [0.3, 0.4) is 0 Å². The normalized spacial score (nSPS) is 14.0. The molecular weight excluding hydrogens is 1580 g/mol. The number of carbonyl (C=O) groups is 6. The van der Waals surface area contributed by atoms with Crippen LogP contribution in [0.25, 0.3) is 0 Å². The molecule has 4 aromatic rings. The summed E-state index contributed by atoms with van der Waals surface area (Å²) in [7, 11) is 2.58. The molecule has 0 saturated carbocycles. The molecule has 598 valence electrons. The molecule has 0 aromatic heterocycles. The first-order chi connectivity index (χ1) is 48.9. The number of benzene rings is 4. The van der Waals surface area contributed by atoms with Gasteiger partial charge in [-0.15, -0.1) is 92.8 Å². The third-order valence-corrected chi connectivity index (χ3v) is 16.5. The van der Waals surface area contributed by atoms with Crippen LogP contribution in [-0.2, 0) is 78.4 Å². The Labute approximate surface area is 679 Å². The van der Waals surface area contributed by atoms with Crippen LogP contribution in [0.2, 0.25) is 0 Å². The fourth-order valence-corrected chi connectivity index (χ4v) is 11.5. The van der Waals surface area contributed by atoms with Gasteiger partial charge < -0.3 is 80.9 Å². The number of anilines is 1. The number of nitrogens with two attached hydrogens (primary N) is 2. The molecule has 7 atom stereocenters. The van der Waals surface area contributed by atoms with Crippen molar-refractivity contribution in [1.82, 2.24) is 24.9 Å². The van der Waals surface area contributed by atoms with Gasteiger partial charge >= 0.3 is 23.9 Å². The quantitative estimate of drug-likeness (QED) is 0.00671. The van der Waals surface area contributed by atoms with E-state index in [9.17, 15) is 44.4 Å². The standard InChI is InChI=1S/C20H31BCl2N2O5.C20H30BCl2N2O3.2C15H22Cl2N2O4.2ClH/c1-15-5-6-18(25(28,9-7-22)29-10-8-23)12-16(15)11-17(24-21-14-26)13-19(27)30-20(2,3)4;1-15-5-6-18(25(9-7-22)10-8-23)12-16(15)11-17(24-21-14-26)13-19(27)28-20(2,3)4;2*1-11-2-3-14(19(22,6-4-16)23-7-5-17)9-12(11)8-13(18)10-15(20)21;;/h5-6,12,14,17,24,28H,7-11,13H2,1-4H3;5-6,12,14,17,24H,7-11,13H2,1-4H3;2*2-3,9,13,22H,4-8,10,18H2,1H3;2*1H/q+1;;;;;/t17-,25?;17-;2*13-,19?;;/m1111../s1. The van der Waals surface area contributed by atoms with Crippen molar-refractivity contribution in [3.63, 3.8) is 0 Å². The van der Waals surface area contributed by atoms with Crippen molar-refractivity contribution < 1.29 is 103 Å². The van der Waals surface area contributed by atoms with Gasteiger partial charge in [-0.2, -0.15) is 30.1 Å². The molecule has 0 aliphatic carbocycles. The summed E-state index contributed by atoms with van der Waals surface area (Å²) >= 11 is 46.1. The number of carbonyl (C=O) groups excluding carboxylic acids is 4. The molecule has 11 N–H and O–H groups in total. The van der Waals surface area contributed by atoms with Crippen molar-refractivity contribution in [1.29, 1.82) is 0 Å². The predicted molar refractivity (Wildman–Crippen MR) is 421 cm³/mol. The molecule has 0 aliphatic rings. The van der Waals surface area contributed by atoms with Crippen molar-refractivity contribution in [2.24, 2.45) is 11.5 Å². The minimum Gasteiger partial charge on any atom is -1.00 e. The molecule has 4 rings (SSSR count). The molecule has 36 heteroatoms. The highest BCUT2D eigenvalue weighted by molar-refractivity contribution is 6.64. The average Bonchev–Trinajstić information content (AvgIpc) is 0.866. The number of hydrogen-bond acceptors (Lipinski definition) is 19. The maximum Gasteiger partial charge on any atom is 0.307 e. The van der Waals surface area contributed by atoms with Crippen molar-refractivity contribution >= 4 is 167 Å². The summed E-state index contributed by atoms with van der Waals surface area (Å²) in [6.45, 7) is 21.0. The zero-order chi connectivity index (χ0) is 78.9. The molecule has 4 aromatic carbocycles. The van der Waals surface area contributed by atoms with E-state index in [2.05, 4.69) is 21.4 Å². The number of halogens is 10. The molecule has 2 radical (unpaired) electrons. The number of nitrogens with zero attached hydrogens (tertiary/aromatic N) is 4. The molecule has 0 amide bonds. The van der Waals surface area contributed by atoms with Crippen molar-refractivity contribution in [3.05, 3.63) is 117 Å². The molecule has 0 aliphatic heterocycles. The van der Waals surface area contributed by atoms with E-state index >= 15 is 0 Å². The lowest BCUT2D eigenvalue weighted by atomic mass is 9.91. The Morgan fingerprint density at radius 1 is 0.472 bits per heavy atom. The highest BCUT2D eigenvalue weighted by Gasteiger charge is 2.35. The number of alkyl halides is 8. The highest BCUT2D eigenvalue weighted by Crippen LogP contribution is 2.30. The smallest absolute Gasteiger partial charge is 0.307 e. The van der Waals surface area contributed by atoms with Crippen LogP contribution in [0, 0.1) is 27.7 Å². The van der Waals surface area contributed by atoms with E-state index in [0.29, 0.717) is 80.0 Å². The largest absolute Gasteiger partial charge is 1.00 e. The second kappa shape index (κ2) is 54.9. The molecule has 0 spiro atoms. The predicted octanol–water partition coefficient (Wildman–Crippen LogP) is 5.36. The third-order valence-electron chi connectivity index (χ3n) is 15.2. The van der Waals surface area contributed by atoms with Crippen LogP contribution < -0.4 is 66.1 Å². The first kappa shape index (κ1) is 104. The first-order valence-corrected chi connectivity index (χ1v) is 38.0. The van der Waals surface area contributed by atoms with E-state index in [1.165, 1.54) is 14.8 Å². The number of hydroxylamine groups is 6. The topological polar surface area (TPSA) is 329 Å². The number of hydrogen-bond donors (Lipinski definition) is 9. The Morgan fingerprint density at radius 2 is 0.764 bits per heavy atom. The number of aliphatic carboxylic acids is 2. The zero-order valence-corrected chi connectivity index (χ0v) is 69.5. The van der Waals surface area contributed by atoms with E-state index in [4.69, 9.17) is 138 Å². The lowest BCUT2D eigenvalue weighted by Crippen LogP contribution is -3.00. The lowest BCUT2D eigenvalue weighted by Gasteiger charge is -2.27. The summed E-state index contributed by atoms with van der Waals surface area (Å²) in [6, 6.07) is 20.7. The van der Waals surface area contributed by atoms with E-state index in [0.717, 1.165) is 50.2 Å². The van der Waals surface area contributed by atoms with E-state index in [-0.39, 0.29) is 149 Å². The van der Waals surface area contributed by atoms with Crippen LogP contribution in [0.15, 0.2) is 72.8 Å². The Kier molecular flexibility index (Phi) is 54.1. The van der Waals surface area contributed by atoms with Gasteiger partial charge in [-0.3, -0.25) is 19.2 Å². The maximum absolute atomic E-state index is 12.3. The summed E-state index contributed by atoms with van der Waals surface area (Å²) < 4.78 is 10.8. The van der Waals surface area contributed by atoms with Gasteiger partial charge in [-0.1, -0.05) is 24.3 Å². The van der Waals surface area contributed by atoms with Crippen LogP contribution in [0.1, 0.15) is 112 Å². The Balaban J connectivity index is 0. The highest BCUT2D eigenvalue weighted by atomic mass is 35.5. The van der Waals surface area contributed by atoms with Gasteiger partial charge in [0.25, 0.3) is 14.8 Å². The second-order valence-electron chi connectivity index (χ2n) is 26.2. The fourth-order valence-electron chi connectivity index (χ4n) is 10.2. The van der Waals surface area contributed by atoms with Gasteiger partial charge in [0.1, 0.15) is 31.0 Å². The summed E-state index contributed by atoms with van der Waals surface area (Å²) in [5.41, 5.74) is 20.8. The molecule has 0 bridgehead atoms. The number of esters is 2. The van der Waals surface area contributed by atoms with Crippen LogP contribution in [-0.4, -0.2) is 212 Å². The SMILES string of the molecule is Cc1ccc(N(CCCl)CCCl)cc1C[C@H](CC(=O)OC(C)(C)C)N[B]C=O.Cc1ccc([N+](O)(CCCl)OCCCl)cc1C[C@@H](N)CC(=O)O.Cc1ccc([N+](O)(CCCl)OCCCl)cc1C[C@@H](N)CC(=O)O.Cc1ccc([N+](O)(CCCl)OCCCl)cc1C[C@H](CC(=O)OC(C)(C)C)N[B]C=O.[Cl-].[Cl-]. The molecule has 24 nitrogen and oxygen atoms in total. The first-order valence-electron chi connectivity index (χ1n) is 33.7. The summed E-state index contributed by atoms with van der Waals surface area (Å²) in [4.78, 5) is 83.7. The molecular formula is C70H107B2Cl10N8O16+. The Morgan fingerprint density at radius 3 is 1.03 bits per heavy atom. The van der Waals surface area contributed by atoms with E-state index < -0.39 is 49.7 Å². The molecule has 0 heterocycles. The number of nitrogens with one attached hydrogen (secondary N) is 2. The number of carboxylic acids is 2. The van der Waals surface area contributed by atoms with Gasteiger partial charge in [0.2, 0.25) is 0 Å². The maximum atomic E-state index is 12.3. The lowest BCUT2D eigenvalue weighted by molar-refractivity contribution is -0.319. The van der Waals surface area contributed by atoms with Gasteiger partial charge in [0.05, 0.1) is 73.3 Å². The van der Waals surface area contributed by atoms with Gasteiger partial charge in [-0.25, -0.2) is 0 Å². The second-order valence-corrected chi connectivity index (χ2v) is 29.2. The van der Waals surface area contributed by atoms with Crippen LogP contribution in [0.4, 0.5) is 22.7 Å². The van der Waals surface area contributed by atoms with Crippen molar-refractivity contribution in [3.8, 4) is 0 Å². The molecule has 106 heavy (non-hydrogen) atoms. The van der Waals surface area contributed by atoms with Crippen LogP contribution in [0.5, 0.6) is 0 Å². The summed E-state index contributed by atoms with van der Waals surface area (Å²) in [6.07, 6.45) is 3.10. The monoisotopic (exact) mass is 1690 g/mol. The third kappa shape index (κ3) is 42.2. The average molecular weight is 1690 g/mol. The fraction of sp³-hybridized carbons (Fsp3) is 0.571. The number of aryl methyl sites for hydroxylation is 4. The van der Waals surface area contributed by atoms with Gasteiger partial charge in [0, 0.05) is 91.1 Å². The Hall–Kier alpha value is -3.59. The Bertz CT molecular complexity index is 3140. The number of rotatable bonds is 45. The van der Waals surface area contributed by atoms with Gasteiger partial charge in [-0.05, 0) is 166 Å². The number of quaternary nitrogens is 3. The van der Waals surface area contributed by atoms with E-state index in [1.807, 2.05) is 78.8 Å². The minimum absolute atomic E-state index is 0. The molecule has 0 saturated heterocycles. The van der Waals surface area contributed by atoms with Crippen molar-refractivity contribution in [2.45, 2.75) is 156 Å². The van der Waals surface area contributed by atoms with Crippen LogP contribution >= 0.6 is 92.8 Å². The number of carboxylic acid groups (broad SMARTS) is 2. The molecule has 0 fully saturated rings. The number of ether oxygens (including phenoxy) is 2.